The monoisotopic (exact) mass is 371 g/mol. The van der Waals surface area contributed by atoms with Gasteiger partial charge in [0.15, 0.2) is 5.78 Å². The van der Waals surface area contributed by atoms with E-state index in [2.05, 4.69) is 20.9 Å². The van der Waals surface area contributed by atoms with E-state index >= 15 is 0 Å². The van der Waals surface area contributed by atoms with Crippen LogP contribution in [0, 0.1) is 0 Å². The number of H-pyrrole nitrogens is 1. The number of benzene rings is 2. The van der Waals surface area contributed by atoms with Crippen LogP contribution in [0.4, 0.5) is 0 Å². The molecule has 0 aliphatic carbocycles. The van der Waals surface area contributed by atoms with Gasteiger partial charge < -0.3 is 10.1 Å². The molecule has 1 heterocycles. The van der Waals surface area contributed by atoms with Gasteiger partial charge in [-0.2, -0.15) is 0 Å². The summed E-state index contributed by atoms with van der Waals surface area (Å²) in [6.45, 7) is 0.175. The number of hydrogen-bond acceptors (Lipinski definition) is 2. The molecular formula is C19H18BrNO2. The molecule has 0 radical (unpaired) electrons. The third-order valence-corrected chi connectivity index (χ3v) is 4.90. The first-order valence-corrected chi connectivity index (χ1v) is 8.56. The largest absolute Gasteiger partial charge is 0.396 e. The lowest BCUT2D eigenvalue weighted by Crippen LogP contribution is -2.06. The van der Waals surface area contributed by atoms with Crippen molar-refractivity contribution in [3.8, 4) is 0 Å². The van der Waals surface area contributed by atoms with Crippen LogP contribution in [0.2, 0.25) is 0 Å². The molecule has 1 unspecified atom stereocenters. The van der Waals surface area contributed by atoms with Crippen LogP contribution < -0.4 is 0 Å². The van der Waals surface area contributed by atoms with Crippen molar-refractivity contribution in [3.63, 3.8) is 0 Å². The second-order valence-electron chi connectivity index (χ2n) is 5.55. The van der Waals surface area contributed by atoms with Gasteiger partial charge in [-0.15, -0.1) is 0 Å². The van der Waals surface area contributed by atoms with Crippen molar-refractivity contribution in [1.82, 2.24) is 4.98 Å². The molecule has 3 rings (SSSR count). The van der Waals surface area contributed by atoms with Gasteiger partial charge in [0.05, 0.1) is 0 Å². The van der Waals surface area contributed by atoms with Crippen molar-refractivity contribution in [2.75, 3.05) is 6.61 Å². The van der Waals surface area contributed by atoms with Gasteiger partial charge in [-0.25, -0.2) is 0 Å². The Bertz CT molecular complexity index is 811. The topological polar surface area (TPSA) is 53.1 Å². The Morgan fingerprint density at radius 3 is 2.70 bits per heavy atom. The Hall–Kier alpha value is -1.91. The smallest absolute Gasteiger partial charge is 0.183 e. The van der Waals surface area contributed by atoms with Crippen LogP contribution in [0.1, 0.15) is 32.7 Å². The number of hydrogen-bond donors (Lipinski definition) is 2. The Labute approximate surface area is 143 Å². The van der Waals surface area contributed by atoms with E-state index in [0.717, 1.165) is 34.9 Å². The number of carbonyl (C=O) groups excluding carboxylic acids is 1. The van der Waals surface area contributed by atoms with Crippen molar-refractivity contribution < 1.29 is 9.90 Å². The van der Waals surface area contributed by atoms with Crippen molar-refractivity contribution in [2.45, 2.75) is 17.7 Å². The van der Waals surface area contributed by atoms with Gasteiger partial charge in [-0.3, -0.25) is 4.79 Å². The number of Topliss-reactive ketones (excluding diaryl/α,β-unsaturated/α-hetero) is 1. The Kier molecular flexibility index (Phi) is 4.94. The summed E-state index contributed by atoms with van der Waals surface area (Å²) in [6.07, 6.45) is 3.31. The van der Waals surface area contributed by atoms with Crippen LogP contribution in [0.3, 0.4) is 0 Å². The van der Waals surface area contributed by atoms with E-state index in [1.807, 2.05) is 48.5 Å². The molecule has 2 N–H and O–H groups in total. The summed E-state index contributed by atoms with van der Waals surface area (Å²) in [5, 5.41) is 9.91. The number of aromatic amines is 1. The normalized spacial score (nSPS) is 12.4. The van der Waals surface area contributed by atoms with E-state index in [4.69, 9.17) is 5.11 Å². The third kappa shape index (κ3) is 3.38. The summed E-state index contributed by atoms with van der Waals surface area (Å²) >= 11 is 3.52. The summed E-state index contributed by atoms with van der Waals surface area (Å²) in [5.74, 6) is 0.0433. The van der Waals surface area contributed by atoms with Gasteiger partial charge in [-0.1, -0.05) is 52.3 Å². The SMILES string of the molecule is O=C(c1c[nH]c2ccc(CCCO)cc12)C(Br)c1ccccc1. The lowest BCUT2D eigenvalue weighted by Gasteiger charge is -2.09. The first kappa shape index (κ1) is 16.0. The van der Waals surface area contributed by atoms with Crippen LogP contribution in [-0.2, 0) is 6.42 Å². The van der Waals surface area contributed by atoms with E-state index < -0.39 is 0 Å². The van der Waals surface area contributed by atoms with Crippen LogP contribution in [0.5, 0.6) is 0 Å². The summed E-state index contributed by atoms with van der Waals surface area (Å²) in [5.41, 5.74) is 3.72. The number of rotatable bonds is 6. The van der Waals surface area contributed by atoms with E-state index in [1.54, 1.807) is 6.20 Å². The molecule has 2 aromatic carbocycles. The highest BCUT2D eigenvalue weighted by atomic mass is 79.9. The van der Waals surface area contributed by atoms with Crippen LogP contribution in [0.25, 0.3) is 10.9 Å². The molecule has 0 saturated carbocycles. The minimum Gasteiger partial charge on any atom is -0.396 e. The molecule has 0 aliphatic heterocycles. The fourth-order valence-electron chi connectivity index (χ4n) is 2.72. The molecule has 0 spiro atoms. The number of carbonyl (C=O) groups is 1. The number of aliphatic hydroxyl groups is 1. The fraction of sp³-hybridized carbons (Fsp3) is 0.211. The van der Waals surface area contributed by atoms with E-state index in [1.165, 1.54) is 0 Å². The number of aryl methyl sites for hydroxylation is 1. The maximum Gasteiger partial charge on any atom is 0.183 e. The average molecular weight is 372 g/mol. The fourth-order valence-corrected chi connectivity index (χ4v) is 3.27. The molecule has 3 nitrogen and oxygen atoms in total. The zero-order valence-electron chi connectivity index (χ0n) is 12.6. The van der Waals surface area contributed by atoms with Gasteiger partial charge in [-0.05, 0) is 36.1 Å². The molecule has 0 aliphatic rings. The van der Waals surface area contributed by atoms with Crippen molar-refractivity contribution in [3.05, 3.63) is 71.4 Å². The number of alkyl halides is 1. The molecule has 4 heteroatoms. The number of aromatic nitrogens is 1. The van der Waals surface area contributed by atoms with E-state index in [-0.39, 0.29) is 17.2 Å². The third-order valence-electron chi connectivity index (χ3n) is 3.96. The quantitative estimate of drug-likeness (QED) is 0.497. The molecule has 0 saturated heterocycles. The summed E-state index contributed by atoms with van der Waals surface area (Å²) < 4.78 is 0. The maximum atomic E-state index is 12.8. The molecule has 23 heavy (non-hydrogen) atoms. The first-order valence-electron chi connectivity index (χ1n) is 7.65. The molecule has 0 fully saturated rings. The predicted octanol–water partition coefficient (Wildman–Crippen LogP) is 4.41. The predicted molar refractivity (Wildman–Crippen MR) is 96.1 cm³/mol. The zero-order valence-corrected chi connectivity index (χ0v) is 14.2. The standard InChI is InChI=1S/C19H18BrNO2/c20-18(14-6-2-1-3-7-14)19(23)16-12-21-17-9-8-13(5-4-10-22)11-15(16)17/h1-3,6-9,11-12,18,21-22H,4-5,10H2. The molecule has 3 aromatic rings. The highest BCUT2D eigenvalue weighted by Crippen LogP contribution is 2.30. The number of nitrogens with one attached hydrogen (secondary N) is 1. The van der Waals surface area contributed by atoms with E-state index in [0.29, 0.717) is 5.56 Å². The molecule has 1 atom stereocenters. The number of halogens is 1. The van der Waals surface area contributed by atoms with Gasteiger partial charge >= 0.3 is 0 Å². The lowest BCUT2D eigenvalue weighted by atomic mass is 10.0. The second-order valence-corrected chi connectivity index (χ2v) is 6.46. The van der Waals surface area contributed by atoms with Gasteiger partial charge in [0.2, 0.25) is 0 Å². The Morgan fingerprint density at radius 1 is 1.17 bits per heavy atom. The molecule has 0 amide bonds. The second kappa shape index (κ2) is 7.11. The minimum atomic E-state index is -0.358. The summed E-state index contributed by atoms with van der Waals surface area (Å²) in [4.78, 5) is 15.6. The first-order chi connectivity index (χ1) is 11.2. The van der Waals surface area contributed by atoms with Gasteiger partial charge in [0.1, 0.15) is 4.83 Å². The van der Waals surface area contributed by atoms with Crippen molar-refractivity contribution >= 4 is 32.6 Å². The van der Waals surface area contributed by atoms with E-state index in [9.17, 15) is 4.79 Å². The van der Waals surface area contributed by atoms with Crippen LogP contribution >= 0.6 is 15.9 Å². The van der Waals surface area contributed by atoms with Crippen molar-refractivity contribution in [2.24, 2.45) is 0 Å². The molecule has 118 valence electrons. The van der Waals surface area contributed by atoms with Crippen molar-refractivity contribution in [1.29, 1.82) is 0 Å². The maximum absolute atomic E-state index is 12.8. The van der Waals surface area contributed by atoms with Gasteiger partial charge in [0, 0.05) is 29.3 Å². The molecule has 1 aromatic heterocycles. The summed E-state index contributed by atoms with van der Waals surface area (Å²) in [7, 11) is 0. The van der Waals surface area contributed by atoms with Crippen LogP contribution in [-0.4, -0.2) is 22.5 Å². The highest BCUT2D eigenvalue weighted by molar-refractivity contribution is 9.09. The Morgan fingerprint density at radius 2 is 1.96 bits per heavy atom. The van der Waals surface area contributed by atoms with Gasteiger partial charge in [0.25, 0.3) is 0 Å². The molecular weight excluding hydrogens is 354 g/mol. The minimum absolute atomic E-state index is 0.0433. The number of ketones is 1. The average Bonchev–Trinajstić information content (AvgIpc) is 3.02. The molecule has 0 bridgehead atoms. The Balaban J connectivity index is 1.94. The number of fused-ring (bicyclic) bond motifs is 1. The number of aliphatic hydroxyl groups excluding tert-OH is 1. The lowest BCUT2D eigenvalue weighted by molar-refractivity contribution is 0.0993. The van der Waals surface area contributed by atoms with Crippen LogP contribution in [0.15, 0.2) is 54.7 Å². The zero-order chi connectivity index (χ0) is 16.2. The highest BCUT2D eigenvalue weighted by Gasteiger charge is 2.21. The summed E-state index contributed by atoms with van der Waals surface area (Å²) in [6, 6.07) is 15.7.